The Kier molecular flexibility index (Phi) is 5.31. The molecule has 1 saturated heterocycles. The molecule has 13 heteroatoms. The summed E-state index contributed by atoms with van der Waals surface area (Å²) < 4.78 is 144. The van der Waals surface area contributed by atoms with Crippen molar-refractivity contribution in [2.24, 2.45) is 5.92 Å². The summed E-state index contributed by atoms with van der Waals surface area (Å²) in [6, 6.07) is 0. The molecule has 3 nitrogen and oxygen atoms in total. The molecular weight excluding hydrogens is 418 g/mol. The Balaban J connectivity index is 2.91. The number of alkyl halides is 10. The van der Waals surface area contributed by atoms with Gasteiger partial charge in [0.15, 0.2) is 0 Å². The Labute approximate surface area is 152 Å². The van der Waals surface area contributed by atoms with Gasteiger partial charge in [-0.3, -0.25) is 0 Å². The highest BCUT2D eigenvalue weighted by molar-refractivity contribution is 5.25. The van der Waals surface area contributed by atoms with Crippen LogP contribution in [0.1, 0.15) is 45.4 Å². The second-order valence-electron chi connectivity index (χ2n) is 7.17. The highest BCUT2D eigenvalue weighted by atomic mass is 19.4. The van der Waals surface area contributed by atoms with Crippen molar-refractivity contribution in [3.05, 3.63) is 0 Å². The van der Waals surface area contributed by atoms with Gasteiger partial charge >= 0.3 is 30.0 Å². The van der Waals surface area contributed by atoms with E-state index >= 15 is 8.78 Å². The van der Waals surface area contributed by atoms with Crippen molar-refractivity contribution in [3.63, 3.8) is 0 Å². The van der Waals surface area contributed by atoms with E-state index in [9.17, 15) is 45.3 Å². The van der Waals surface area contributed by atoms with Crippen LogP contribution >= 0.6 is 0 Å². The average molecular weight is 436 g/mol. The molecule has 2 fully saturated rings. The molecule has 0 radical (unpaired) electrons. The predicted octanol–water partition coefficient (Wildman–Crippen LogP) is 4.56. The Morgan fingerprint density at radius 3 is 1.64 bits per heavy atom. The van der Waals surface area contributed by atoms with Crippen molar-refractivity contribution in [2.45, 2.75) is 86.6 Å². The minimum absolute atomic E-state index is 0.104. The fourth-order valence-corrected chi connectivity index (χ4v) is 4.14. The molecule has 0 spiro atoms. The summed E-state index contributed by atoms with van der Waals surface area (Å²) in [6.07, 6.45) is -16.2. The number of ether oxygens (including phenoxy) is 1. The molecule has 1 aliphatic carbocycles. The van der Waals surface area contributed by atoms with Crippen molar-refractivity contribution in [3.8, 4) is 0 Å². The van der Waals surface area contributed by atoms with Crippen LogP contribution in [-0.2, 0) is 4.74 Å². The zero-order valence-corrected chi connectivity index (χ0v) is 14.4. The first-order valence-corrected chi connectivity index (χ1v) is 8.41. The molecule has 1 saturated carbocycles. The summed E-state index contributed by atoms with van der Waals surface area (Å²) in [5, 5.41) is 19.5. The van der Waals surface area contributed by atoms with Gasteiger partial charge in [0.05, 0.1) is 0 Å². The van der Waals surface area contributed by atoms with Crippen molar-refractivity contribution in [1.29, 1.82) is 0 Å². The van der Waals surface area contributed by atoms with Crippen molar-refractivity contribution in [1.82, 2.24) is 0 Å². The minimum Gasteiger partial charge on any atom is -0.378 e. The summed E-state index contributed by atoms with van der Waals surface area (Å²) in [7, 11) is 0. The minimum atomic E-state index is -6.62. The first-order valence-electron chi connectivity index (χ1n) is 8.41. The van der Waals surface area contributed by atoms with Crippen LogP contribution in [0.5, 0.6) is 0 Å². The third kappa shape index (κ3) is 2.54. The lowest BCUT2D eigenvalue weighted by atomic mass is 9.63. The number of rotatable bonds is 2. The van der Waals surface area contributed by atoms with Crippen LogP contribution in [0.25, 0.3) is 0 Å². The molecule has 166 valence electrons. The summed E-state index contributed by atoms with van der Waals surface area (Å²) >= 11 is 0. The second kappa shape index (κ2) is 6.34. The molecule has 0 aromatic heterocycles. The highest BCUT2D eigenvalue weighted by Crippen LogP contribution is 2.68. The summed E-state index contributed by atoms with van der Waals surface area (Å²) in [5.41, 5.74) is -10.4. The van der Waals surface area contributed by atoms with Gasteiger partial charge in [0.1, 0.15) is 0 Å². The molecule has 28 heavy (non-hydrogen) atoms. The Hall–Kier alpha value is -0.820. The Morgan fingerprint density at radius 1 is 0.821 bits per heavy atom. The van der Waals surface area contributed by atoms with Crippen LogP contribution in [-0.4, -0.2) is 51.4 Å². The molecule has 0 amide bonds. The predicted molar refractivity (Wildman–Crippen MR) is 72.6 cm³/mol. The van der Waals surface area contributed by atoms with Crippen LogP contribution in [0.3, 0.4) is 0 Å². The smallest absolute Gasteiger partial charge is 0.378 e. The van der Waals surface area contributed by atoms with Crippen LogP contribution in [0.15, 0.2) is 0 Å². The summed E-state index contributed by atoms with van der Waals surface area (Å²) in [4.78, 5) is 0. The lowest BCUT2D eigenvalue weighted by molar-refractivity contribution is -0.566. The zero-order valence-electron chi connectivity index (χ0n) is 14.4. The van der Waals surface area contributed by atoms with E-state index in [1.807, 2.05) is 0 Å². The number of hydrogen-bond donors (Lipinski definition) is 2. The third-order valence-electron chi connectivity index (χ3n) is 5.74. The van der Waals surface area contributed by atoms with E-state index in [4.69, 9.17) is 0 Å². The number of halogens is 10. The summed E-state index contributed by atoms with van der Waals surface area (Å²) in [5.74, 6) is -20.5. The first-order chi connectivity index (χ1) is 12.4. The fourth-order valence-electron chi connectivity index (χ4n) is 4.14. The third-order valence-corrected chi connectivity index (χ3v) is 5.74. The molecule has 0 aromatic rings. The van der Waals surface area contributed by atoms with Gasteiger partial charge in [-0.2, -0.15) is 43.9 Å². The Bertz CT molecular complexity index is 592. The van der Waals surface area contributed by atoms with Crippen molar-refractivity contribution in [2.75, 3.05) is 0 Å². The molecule has 3 unspecified atom stereocenters. The van der Waals surface area contributed by atoms with Gasteiger partial charge < -0.3 is 14.9 Å². The van der Waals surface area contributed by atoms with Gasteiger partial charge in [-0.25, -0.2) is 0 Å². The van der Waals surface area contributed by atoms with E-state index in [-0.39, 0.29) is 19.3 Å². The van der Waals surface area contributed by atoms with Gasteiger partial charge in [0.25, 0.3) is 0 Å². The average Bonchev–Trinajstić information content (AvgIpc) is 2.55. The van der Waals surface area contributed by atoms with E-state index in [0.29, 0.717) is 6.92 Å². The van der Waals surface area contributed by atoms with Gasteiger partial charge in [-0.05, 0) is 19.3 Å². The van der Waals surface area contributed by atoms with Crippen LogP contribution in [0.2, 0.25) is 0 Å². The number of aliphatic hydroxyl groups is 2. The van der Waals surface area contributed by atoms with Gasteiger partial charge in [-0.15, -0.1) is 0 Å². The zero-order chi connectivity index (χ0) is 22.0. The quantitative estimate of drug-likeness (QED) is 0.625. The molecule has 1 aliphatic heterocycles. The molecule has 0 bridgehead atoms. The summed E-state index contributed by atoms with van der Waals surface area (Å²) in [6.45, 7) is 0.367. The van der Waals surface area contributed by atoms with Crippen molar-refractivity contribution < 1.29 is 58.9 Å². The standard InChI is InChI=1S/C15H18F10O3/c1-2-9(26)11(16,17)10(14(20,21)22,8-6-4-3-5-7-8)28-13(27,12(9,18)19)15(23,24)25/h8,26-27H,2-7H2,1H3. The van der Waals surface area contributed by atoms with E-state index in [1.54, 1.807) is 0 Å². The highest BCUT2D eigenvalue weighted by Gasteiger charge is 2.95. The maximum Gasteiger partial charge on any atom is 0.449 e. The second-order valence-corrected chi connectivity index (χ2v) is 7.17. The van der Waals surface area contributed by atoms with Crippen LogP contribution in [0, 0.1) is 5.92 Å². The van der Waals surface area contributed by atoms with Crippen LogP contribution < -0.4 is 0 Å². The first kappa shape index (κ1) is 23.5. The van der Waals surface area contributed by atoms with E-state index < -0.39 is 66.4 Å². The van der Waals surface area contributed by atoms with Crippen LogP contribution in [0.4, 0.5) is 43.9 Å². The molecule has 3 atom stereocenters. The monoisotopic (exact) mass is 436 g/mol. The molecular formula is C15H18F10O3. The van der Waals surface area contributed by atoms with E-state index in [1.165, 1.54) is 0 Å². The lowest BCUT2D eigenvalue weighted by Crippen LogP contribution is -2.88. The number of hydrogen-bond acceptors (Lipinski definition) is 3. The van der Waals surface area contributed by atoms with Gasteiger partial charge in [0, 0.05) is 5.92 Å². The molecule has 0 aromatic carbocycles. The maximum atomic E-state index is 15.0. The van der Waals surface area contributed by atoms with E-state index in [0.717, 1.165) is 0 Å². The van der Waals surface area contributed by atoms with E-state index in [2.05, 4.69) is 4.74 Å². The normalized spacial score (nSPS) is 39.8. The molecule has 2 N–H and O–H groups in total. The largest absolute Gasteiger partial charge is 0.449 e. The Morgan fingerprint density at radius 2 is 1.29 bits per heavy atom. The fraction of sp³-hybridized carbons (Fsp3) is 1.00. The van der Waals surface area contributed by atoms with Gasteiger partial charge in [-0.1, -0.05) is 26.2 Å². The maximum absolute atomic E-state index is 15.0. The SMILES string of the molecule is CCC1(O)C(F)(F)C(O)(C(F)(F)F)OC(C2CCCCC2)(C(F)(F)F)C1(F)F. The lowest BCUT2D eigenvalue weighted by Gasteiger charge is -2.61. The topological polar surface area (TPSA) is 49.7 Å². The molecule has 2 rings (SSSR count). The van der Waals surface area contributed by atoms with Gasteiger partial charge in [0.2, 0.25) is 11.2 Å². The molecule has 2 aliphatic rings. The van der Waals surface area contributed by atoms with Crippen molar-refractivity contribution >= 4 is 0 Å². The molecule has 1 heterocycles.